The first-order valence-electron chi connectivity index (χ1n) is 9.34. The molecular weight excluding hydrogens is 330 g/mol. The Bertz CT molecular complexity index is 1100. The van der Waals surface area contributed by atoms with Crippen molar-refractivity contribution in [3.05, 3.63) is 96.6 Å². The third-order valence-corrected chi connectivity index (χ3v) is 5.37. The number of ether oxygens (including phenoxy) is 1. The summed E-state index contributed by atoms with van der Waals surface area (Å²) < 4.78 is 6.25. The second-order valence-corrected chi connectivity index (χ2v) is 7.12. The second kappa shape index (κ2) is 6.48. The summed E-state index contributed by atoms with van der Waals surface area (Å²) in [6, 6.07) is 32.1. The smallest absolute Gasteiger partial charge is 0.176 e. The van der Waals surface area contributed by atoms with Crippen LogP contribution in [0, 0.1) is 0 Å². The van der Waals surface area contributed by atoms with E-state index in [1.165, 1.54) is 27.5 Å². The molecule has 132 valence electrons. The van der Waals surface area contributed by atoms with E-state index in [1.807, 2.05) is 6.07 Å². The molecule has 0 aliphatic carbocycles. The standard InChI is InChI=1S/C25H21NO/c1-26-23-17-22(19-7-3-2-4-8-19)13-14-24(23)27-25(26)16-18-11-12-20-9-5-6-10-21(20)15-18/h2-15,17,25H,16H2,1H3. The molecule has 0 saturated carbocycles. The van der Waals surface area contributed by atoms with Gasteiger partial charge < -0.3 is 9.64 Å². The van der Waals surface area contributed by atoms with Gasteiger partial charge in [-0.2, -0.15) is 0 Å². The molecule has 1 heterocycles. The van der Waals surface area contributed by atoms with Crippen molar-refractivity contribution in [2.45, 2.75) is 12.6 Å². The van der Waals surface area contributed by atoms with Gasteiger partial charge in [0.2, 0.25) is 0 Å². The van der Waals surface area contributed by atoms with Gasteiger partial charge in [0.25, 0.3) is 0 Å². The van der Waals surface area contributed by atoms with E-state index >= 15 is 0 Å². The Morgan fingerprint density at radius 2 is 1.52 bits per heavy atom. The maximum absolute atomic E-state index is 6.25. The fourth-order valence-corrected chi connectivity index (χ4v) is 3.83. The van der Waals surface area contributed by atoms with Crippen LogP contribution in [0.4, 0.5) is 5.69 Å². The molecule has 1 aliphatic heterocycles. The zero-order chi connectivity index (χ0) is 18.2. The number of hydrogen-bond donors (Lipinski definition) is 0. The van der Waals surface area contributed by atoms with Gasteiger partial charge in [0.15, 0.2) is 6.23 Å². The summed E-state index contributed by atoms with van der Waals surface area (Å²) in [7, 11) is 2.12. The summed E-state index contributed by atoms with van der Waals surface area (Å²) in [6.45, 7) is 0. The zero-order valence-electron chi connectivity index (χ0n) is 15.3. The molecule has 2 nitrogen and oxygen atoms in total. The Morgan fingerprint density at radius 1 is 0.741 bits per heavy atom. The van der Waals surface area contributed by atoms with E-state index in [9.17, 15) is 0 Å². The van der Waals surface area contributed by atoms with E-state index < -0.39 is 0 Å². The second-order valence-electron chi connectivity index (χ2n) is 7.12. The summed E-state index contributed by atoms with van der Waals surface area (Å²) in [5.74, 6) is 0.961. The minimum absolute atomic E-state index is 0.0205. The predicted octanol–water partition coefficient (Wildman–Crippen LogP) is 5.90. The van der Waals surface area contributed by atoms with Crippen LogP contribution < -0.4 is 9.64 Å². The minimum atomic E-state index is 0.0205. The van der Waals surface area contributed by atoms with Gasteiger partial charge in [0, 0.05) is 13.5 Å². The van der Waals surface area contributed by atoms with Gasteiger partial charge in [-0.05, 0) is 39.6 Å². The van der Waals surface area contributed by atoms with Crippen LogP contribution >= 0.6 is 0 Å². The van der Waals surface area contributed by atoms with Crippen LogP contribution in [-0.2, 0) is 6.42 Å². The van der Waals surface area contributed by atoms with Crippen LogP contribution in [0.3, 0.4) is 0 Å². The molecule has 1 aliphatic rings. The molecule has 27 heavy (non-hydrogen) atoms. The normalized spacial score (nSPS) is 15.6. The summed E-state index contributed by atoms with van der Waals surface area (Å²) in [6.07, 6.45) is 0.878. The number of likely N-dealkylation sites (N-methyl/N-ethyl adjacent to an activating group) is 1. The van der Waals surface area contributed by atoms with Crippen molar-refractivity contribution in [1.82, 2.24) is 0 Å². The van der Waals surface area contributed by atoms with E-state index in [0.29, 0.717) is 0 Å². The number of fused-ring (bicyclic) bond motifs is 2. The van der Waals surface area contributed by atoms with Crippen LogP contribution in [0.25, 0.3) is 21.9 Å². The van der Waals surface area contributed by atoms with Gasteiger partial charge in [-0.15, -0.1) is 0 Å². The van der Waals surface area contributed by atoms with Crippen LogP contribution in [0.15, 0.2) is 91.0 Å². The lowest BCUT2D eigenvalue weighted by Crippen LogP contribution is -2.32. The molecule has 0 bridgehead atoms. The molecule has 0 saturated heterocycles. The van der Waals surface area contributed by atoms with Crippen molar-refractivity contribution >= 4 is 16.5 Å². The molecule has 0 N–H and O–H groups in total. The molecule has 4 aromatic carbocycles. The van der Waals surface area contributed by atoms with E-state index in [2.05, 4.69) is 96.9 Å². The fraction of sp³-hybridized carbons (Fsp3) is 0.120. The molecule has 0 aromatic heterocycles. The molecule has 1 unspecified atom stereocenters. The summed E-state index contributed by atoms with van der Waals surface area (Å²) >= 11 is 0. The molecule has 0 radical (unpaired) electrons. The third-order valence-electron chi connectivity index (χ3n) is 5.37. The highest BCUT2D eigenvalue weighted by atomic mass is 16.5. The number of rotatable bonds is 3. The Labute approximate surface area is 159 Å². The Balaban J connectivity index is 1.41. The molecule has 4 aromatic rings. The van der Waals surface area contributed by atoms with Crippen molar-refractivity contribution in [2.24, 2.45) is 0 Å². The van der Waals surface area contributed by atoms with E-state index in [0.717, 1.165) is 17.9 Å². The Morgan fingerprint density at radius 3 is 2.37 bits per heavy atom. The molecule has 2 heteroatoms. The van der Waals surface area contributed by atoms with Gasteiger partial charge >= 0.3 is 0 Å². The summed E-state index contributed by atoms with van der Waals surface area (Å²) in [5.41, 5.74) is 4.90. The summed E-state index contributed by atoms with van der Waals surface area (Å²) in [4.78, 5) is 2.25. The maximum Gasteiger partial charge on any atom is 0.176 e. The number of hydrogen-bond acceptors (Lipinski definition) is 2. The highest BCUT2D eigenvalue weighted by Gasteiger charge is 2.28. The van der Waals surface area contributed by atoms with Gasteiger partial charge in [-0.1, -0.05) is 78.9 Å². The highest BCUT2D eigenvalue weighted by molar-refractivity contribution is 5.83. The predicted molar refractivity (Wildman–Crippen MR) is 112 cm³/mol. The largest absolute Gasteiger partial charge is 0.468 e. The quantitative estimate of drug-likeness (QED) is 0.455. The van der Waals surface area contributed by atoms with Crippen LogP contribution in [0.5, 0.6) is 5.75 Å². The van der Waals surface area contributed by atoms with Gasteiger partial charge in [-0.25, -0.2) is 0 Å². The van der Waals surface area contributed by atoms with Crippen molar-refractivity contribution in [3.8, 4) is 16.9 Å². The lowest BCUT2D eigenvalue weighted by atomic mass is 10.0. The molecule has 5 rings (SSSR count). The Hall–Kier alpha value is -3.26. The van der Waals surface area contributed by atoms with Crippen LogP contribution in [0.2, 0.25) is 0 Å². The topological polar surface area (TPSA) is 12.5 Å². The monoisotopic (exact) mass is 351 g/mol. The Kier molecular flexibility index (Phi) is 3.83. The lowest BCUT2D eigenvalue weighted by molar-refractivity contribution is 0.230. The highest BCUT2D eigenvalue weighted by Crippen LogP contribution is 2.40. The first kappa shape index (κ1) is 16.0. The summed E-state index contributed by atoms with van der Waals surface area (Å²) in [5, 5.41) is 2.55. The van der Waals surface area contributed by atoms with Gasteiger partial charge in [-0.3, -0.25) is 0 Å². The van der Waals surface area contributed by atoms with E-state index in [4.69, 9.17) is 4.74 Å². The zero-order valence-corrected chi connectivity index (χ0v) is 15.3. The van der Waals surface area contributed by atoms with Crippen molar-refractivity contribution < 1.29 is 4.74 Å². The van der Waals surface area contributed by atoms with Crippen molar-refractivity contribution in [1.29, 1.82) is 0 Å². The first-order valence-corrected chi connectivity index (χ1v) is 9.34. The average molecular weight is 351 g/mol. The van der Waals surface area contributed by atoms with E-state index in [-0.39, 0.29) is 6.23 Å². The van der Waals surface area contributed by atoms with Gasteiger partial charge in [0.1, 0.15) is 5.75 Å². The van der Waals surface area contributed by atoms with Crippen molar-refractivity contribution in [2.75, 3.05) is 11.9 Å². The molecule has 0 amide bonds. The van der Waals surface area contributed by atoms with E-state index in [1.54, 1.807) is 0 Å². The number of nitrogens with zero attached hydrogens (tertiary/aromatic N) is 1. The van der Waals surface area contributed by atoms with Crippen LogP contribution in [0.1, 0.15) is 5.56 Å². The SMILES string of the molecule is CN1c2cc(-c3ccccc3)ccc2OC1Cc1ccc2ccccc2c1. The van der Waals surface area contributed by atoms with Gasteiger partial charge in [0.05, 0.1) is 5.69 Å². The maximum atomic E-state index is 6.25. The number of benzene rings is 4. The molecule has 0 fully saturated rings. The average Bonchev–Trinajstić information content (AvgIpc) is 3.03. The lowest BCUT2D eigenvalue weighted by Gasteiger charge is -2.21. The minimum Gasteiger partial charge on any atom is -0.468 e. The van der Waals surface area contributed by atoms with Crippen LogP contribution in [-0.4, -0.2) is 13.3 Å². The molecular formula is C25H21NO. The first-order chi connectivity index (χ1) is 13.3. The molecule has 0 spiro atoms. The van der Waals surface area contributed by atoms with Crippen molar-refractivity contribution in [3.63, 3.8) is 0 Å². The fourth-order valence-electron chi connectivity index (χ4n) is 3.83. The molecule has 1 atom stereocenters. The number of anilines is 1. The third kappa shape index (κ3) is 2.93.